The summed E-state index contributed by atoms with van der Waals surface area (Å²) in [7, 11) is 1.84. The molecular weight excluding hydrogens is 274 g/mol. The first kappa shape index (κ1) is 17.2. The van der Waals surface area contributed by atoms with Crippen molar-refractivity contribution in [3.63, 3.8) is 0 Å². The molecule has 2 N–H and O–H groups in total. The van der Waals surface area contributed by atoms with E-state index in [2.05, 4.69) is 10.6 Å². The Balaban J connectivity index is 0.00000289. The van der Waals surface area contributed by atoms with Crippen LogP contribution in [0, 0.1) is 13.8 Å². The maximum atomic E-state index is 11.7. The number of carbonyl (C=O) groups excluding carboxylic acids is 1. The summed E-state index contributed by atoms with van der Waals surface area (Å²) in [5.41, 5.74) is 0.872. The molecule has 0 aromatic carbocycles. The van der Waals surface area contributed by atoms with E-state index in [-0.39, 0.29) is 35.8 Å². The quantitative estimate of drug-likeness (QED) is 0.839. The Hall–Kier alpha value is -0.850. The fraction of sp³-hybridized carbons (Fsp3) is 0.636. The molecule has 0 saturated carbocycles. The molecule has 18 heavy (non-hydrogen) atoms. The molecule has 0 aliphatic rings. The van der Waals surface area contributed by atoms with E-state index >= 15 is 0 Å². The van der Waals surface area contributed by atoms with Crippen LogP contribution in [0.25, 0.3) is 0 Å². The molecule has 0 fully saturated rings. The number of likely N-dealkylation sites (N-methyl/N-ethyl adjacent to an activating group) is 1. The number of halogens is 1. The summed E-state index contributed by atoms with van der Waals surface area (Å²) in [4.78, 5) is 24.1. The SMILES string of the molecule is CNC(C)CNC(=O)Cn1c(C)c(C)sc1=O.Cl. The molecule has 0 bridgehead atoms. The van der Waals surface area contributed by atoms with Crippen molar-refractivity contribution in [1.29, 1.82) is 0 Å². The number of nitrogens with zero attached hydrogens (tertiary/aromatic N) is 1. The minimum atomic E-state index is -0.130. The van der Waals surface area contributed by atoms with Crippen LogP contribution in [-0.4, -0.2) is 30.1 Å². The van der Waals surface area contributed by atoms with Gasteiger partial charge in [-0.3, -0.25) is 14.2 Å². The highest BCUT2D eigenvalue weighted by Gasteiger charge is 2.11. The molecule has 1 heterocycles. The van der Waals surface area contributed by atoms with Gasteiger partial charge in [-0.25, -0.2) is 0 Å². The Morgan fingerprint density at radius 1 is 1.44 bits per heavy atom. The lowest BCUT2D eigenvalue weighted by molar-refractivity contribution is -0.121. The Morgan fingerprint density at radius 3 is 2.50 bits per heavy atom. The number of aryl methyl sites for hydroxylation is 1. The molecule has 1 aromatic heterocycles. The molecule has 0 radical (unpaired) electrons. The number of carbonyl (C=O) groups is 1. The maximum Gasteiger partial charge on any atom is 0.308 e. The van der Waals surface area contributed by atoms with E-state index in [9.17, 15) is 9.59 Å². The number of nitrogens with one attached hydrogen (secondary N) is 2. The Morgan fingerprint density at radius 2 is 2.06 bits per heavy atom. The van der Waals surface area contributed by atoms with Crippen LogP contribution in [0.15, 0.2) is 4.79 Å². The van der Waals surface area contributed by atoms with Gasteiger partial charge in [0, 0.05) is 23.2 Å². The second-order valence-electron chi connectivity index (χ2n) is 4.09. The van der Waals surface area contributed by atoms with Crippen LogP contribution >= 0.6 is 23.7 Å². The molecule has 1 amide bonds. The van der Waals surface area contributed by atoms with E-state index in [4.69, 9.17) is 0 Å². The molecule has 1 aromatic rings. The highest BCUT2D eigenvalue weighted by molar-refractivity contribution is 7.09. The number of rotatable bonds is 5. The average molecular weight is 294 g/mol. The fourth-order valence-corrected chi connectivity index (χ4v) is 2.17. The van der Waals surface area contributed by atoms with Gasteiger partial charge in [0.15, 0.2) is 0 Å². The fourth-order valence-electron chi connectivity index (χ4n) is 1.34. The lowest BCUT2D eigenvalue weighted by atomic mass is 10.3. The smallest absolute Gasteiger partial charge is 0.308 e. The van der Waals surface area contributed by atoms with Gasteiger partial charge in [0.1, 0.15) is 6.54 Å². The van der Waals surface area contributed by atoms with Crippen molar-refractivity contribution in [1.82, 2.24) is 15.2 Å². The lowest BCUT2D eigenvalue weighted by Crippen LogP contribution is -2.39. The van der Waals surface area contributed by atoms with E-state index in [0.29, 0.717) is 6.54 Å². The average Bonchev–Trinajstić information content (AvgIpc) is 2.53. The number of aromatic nitrogens is 1. The predicted octanol–water partition coefficient (Wildman–Crippen LogP) is 0.673. The van der Waals surface area contributed by atoms with E-state index in [1.54, 1.807) is 0 Å². The molecule has 0 aliphatic heterocycles. The molecule has 0 saturated heterocycles. The predicted molar refractivity (Wildman–Crippen MR) is 76.8 cm³/mol. The van der Waals surface area contributed by atoms with E-state index < -0.39 is 0 Å². The zero-order valence-electron chi connectivity index (χ0n) is 11.1. The van der Waals surface area contributed by atoms with Crippen molar-refractivity contribution in [3.05, 3.63) is 20.2 Å². The van der Waals surface area contributed by atoms with Crippen LogP contribution in [0.3, 0.4) is 0 Å². The summed E-state index contributed by atoms with van der Waals surface area (Å²) in [6.07, 6.45) is 0. The van der Waals surface area contributed by atoms with Gasteiger partial charge in [0.2, 0.25) is 5.91 Å². The first-order chi connectivity index (χ1) is 7.95. The maximum absolute atomic E-state index is 11.7. The molecule has 104 valence electrons. The Kier molecular flexibility index (Phi) is 7.20. The van der Waals surface area contributed by atoms with Crippen LogP contribution < -0.4 is 15.5 Å². The molecule has 0 spiro atoms. The number of hydrogen-bond acceptors (Lipinski definition) is 4. The van der Waals surface area contributed by atoms with Crippen molar-refractivity contribution >= 4 is 29.7 Å². The third-order valence-electron chi connectivity index (χ3n) is 2.78. The first-order valence-corrected chi connectivity index (χ1v) is 6.38. The largest absolute Gasteiger partial charge is 0.353 e. The summed E-state index contributed by atoms with van der Waals surface area (Å²) in [6.45, 7) is 6.39. The Labute approximate surface area is 117 Å². The minimum Gasteiger partial charge on any atom is -0.353 e. The van der Waals surface area contributed by atoms with Gasteiger partial charge < -0.3 is 10.6 Å². The number of thiazole rings is 1. The van der Waals surface area contributed by atoms with Crippen molar-refractivity contribution in [2.45, 2.75) is 33.4 Å². The molecule has 0 aliphatic carbocycles. The molecule has 1 unspecified atom stereocenters. The number of amides is 1. The zero-order chi connectivity index (χ0) is 13.0. The van der Waals surface area contributed by atoms with Crippen LogP contribution in [0.2, 0.25) is 0 Å². The molecule has 1 atom stereocenters. The normalized spacial score (nSPS) is 11.8. The van der Waals surface area contributed by atoms with Crippen molar-refractivity contribution < 1.29 is 4.79 Å². The summed E-state index contributed by atoms with van der Waals surface area (Å²) >= 11 is 1.18. The van der Waals surface area contributed by atoms with Crippen molar-refractivity contribution in [2.75, 3.05) is 13.6 Å². The van der Waals surface area contributed by atoms with Gasteiger partial charge in [-0.1, -0.05) is 11.3 Å². The van der Waals surface area contributed by atoms with Gasteiger partial charge in [0.25, 0.3) is 0 Å². The standard InChI is InChI=1S/C11H19N3O2S.ClH/c1-7(12-4)5-13-10(15)6-14-8(2)9(3)17-11(14)16;/h7,12H,5-6H2,1-4H3,(H,13,15);1H. The third kappa shape index (κ3) is 4.44. The van der Waals surface area contributed by atoms with E-state index in [1.807, 2.05) is 27.8 Å². The number of hydrogen-bond donors (Lipinski definition) is 2. The lowest BCUT2D eigenvalue weighted by Gasteiger charge is -2.11. The van der Waals surface area contributed by atoms with Crippen LogP contribution in [0.1, 0.15) is 17.5 Å². The molecule has 1 rings (SSSR count). The molecule has 5 nitrogen and oxygen atoms in total. The Bertz CT molecular complexity index is 456. The zero-order valence-corrected chi connectivity index (χ0v) is 12.7. The summed E-state index contributed by atoms with van der Waals surface area (Å²) in [6, 6.07) is 0.223. The van der Waals surface area contributed by atoms with Gasteiger partial charge >= 0.3 is 4.87 Å². The highest BCUT2D eigenvalue weighted by Crippen LogP contribution is 2.08. The first-order valence-electron chi connectivity index (χ1n) is 5.56. The second kappa shape index (κ2) is 7.56. The van der Waals surface area contributed by atoms with Gasteiger partial charge in [-0.15, -0.1) is 12.4 Å². The molecule has 7 heteroatoms. The highest BCUT2D eigenvalue weighted by atomic mass is 35.5. The van der Waals surface area contributed by atoms with E-state index in [1.165, 1.54) is 15.9 Å². The van der Waals surface area contributed by atoms with Crippen LogP contribution in [0.5, 0.6) is 0 Å². The topological polar surface area (TPSA) is 63.1 Å². The van der Waals surface area contributed by atoms with Crippen molar-refractivity contribution in [3.8, 4) is 0 Å². The summed E-state index contributed by atoms with van der Waals surface area (Å²) < 4.78 is 1.51. The third-order valence-corrected chi connectivity index (χ3v) is 3.77. The van der Waals surface area contributed by atoms with Crippen LogP contribution in [0.4, 0.5) is 0 Å². The second-order valence-corrected chi connectivity index (χ2v) is 5.26. The van der Waals surface area contributed by atoms with Crippen molar-refractivity contribution in [2.24, 2.45) is 0 Å². The van der Waals surface area contributed by atoms with Gasteiger partial charge in [-0.05, 0) is 27.8 Å². The van der Waals surface area contributed by atoms with Gasteiger partial charge in [0.05, 0.1) is 0 Å². The minimum absolute atomic E-state index is 0. The monoisotopic (exact) mass is 293 g/mol. The van der Waals surface area contributed by atoms with Crippen LogP contribution in [-0.2, 0) is 11.3 Å². The van der Waals surface area contributed by atoms with Gasteiger partial charge in [-0.2, -0.15) is 0 Å². The van der Waals surface area contributed by atoms with E-state index in [0.717, 1.165) is 10.6 Å². The summed E-state index contributed by atoms with van der Waals surface area (Å²) in [5.74, 6) is -0.130. The molecular formula is C11H20ClN3O2S. The summed E-state index contributed by atoms with van der Waals surface area (Å²) in [5, 5.41) is 5.82.